The molecule has 1 aromatic carbocycles. The molecular formula is C26H46. The van der Waals surface area contributed by atoms with Gasteiger partial charge in [-0.1, -0.05) is 130 Å². The molecule has 0 atom stereocenters. The van der Waals surface area contributed by atoms with Gasteiger partial charge < -0.3 is 0 Å². The highest BCUT2D eigenvalue weighted by Gasteiger charge is 2.17. The van der Waals surface area contributed by atoms with Crippen LogP contribution in [0.15, 0.2) is 30.3 Å². The van der Waals surface area contributed by atoms with Crippen molar-refractivity contribution in [2.24, 2.45) is 23.7 Å². The predicted octanol–water partition coefficient (Wildman–Crippen LogP) is 8.87. The smallest absolute Gasteiger partial charge is 0.0219 e. The van der Waals surface area contributed by atoms with Crippen LogP contribution >= 0.6 is 0 Å². The molecule has 0 saturated heterocycles. The van der Waals surface area contributed by atoms with E-state index in [-0.39, 0.29) is 0 Å². The fourth-order valence-corrected chi connectivity index (χ4v) is 4.26. The third-order valence-electron chi connectivity index (χ3n) is 6.40. The molecule has 0 aromatic heterocycles. The highest BCUT2D eigenvalue weighted by molar-refractivity contribution is 5.17. The second kappa shape index (κ2) is 13.4. The highest BCUT2D eigenvalue weighted by atomic mass is 14.2. The zero-order valence-electron chi connectivity index (χ0n) is 18.6. The highest BCUT2D eigenvalue weighted by Crippen LogP contribution is 2.30. The normalized spacial score (nSPS) is 18.5. The van der Waals surface area contributed by atoms with E-state index in [1.54, 1.807) is 0 Å². The van der Waals surface area contributed by atoms with E-state index in [1.165, 1.54) is 63.4 Å². The standard InChI is InChI=1S/C9H18.C9H12.C8H16/c2*1-8(2)9-6-4-3-5-7-9;1-7(2)8-5-3-4-6-8/h8-9H,3-7H2,1-2H3;3-8H,1-2H3;7-8H,3-6H2,1-2H3. The van der Waals surface area contributed by atoms with E-state index in [9.17, 15) is 0 Å². The largest absolute Gasteiger partial charge is 0.0625 e. The van der Waals surface area contributed by atoms with Crippen molar-refractivity contribution >= 4 is 0 Å². The van der Waals surface area contributed by atoms with Gasteiger partial charge in [0.15, 0.2) is 0 Å². The Morgan fingerprint density at radius 1 is 0.577 bits per heavy atom. The minimum atomic E-state index is 0.659. The minimum absolute atomic E-state index is 0.659. The van der Waals surface area contributed by atoms with Gasteiger partial charge in [-0.25, -0.2) is 0 Å². The van der Waals surface area contributed by atoms with Gasteiger partial charge in [-0.3, -0.25) is 0 Å². The first-order valence-corrected chi connectivity index (χ1v) is 11.5. The molecule has 2 aliphatic carbocycles. The lowest BCUT2D eigenvalue weighted by atomic mass is 9.82. The Morgan fingerprint density at radius 2 is 0.962 bits per heavy atom. The summed E-state index contributed by atoms with van der Waals surface area (Å²) < 4.78 is 0. The second-order valence-corrected chi connectivity index (χ2v) is 9.50. The summed E-state index contributed by atoms with van der Waals surface area (Å²) in [5.41, 5.74) is 1.41. The van der Waals surface area contributed by atoms with Crippen LogP contribution in [-0.4, -0.2) is 0 Å². The van der Waals surface area contributed by atoms with Crippen LogP contribution in [0.1, 0.15) is 111 Å². The molecule has 0 amide bonds. The average molecular weight is 359 g/mol. The summed E-state index contributed by atoms with van der Waals surface area (Å²) in [6, 6.07) is 10.5. The third-order valence-corrected chi connectivity index (χ3v) is 6.40. The monoisotopic (exact) mass is 358 g/mol. The van der Waals surface area contributed by atoms with Gasteiger partial charge in [-0.15, -0.1) is 0 Å². The molecule has 0 unspecified atom stereocenters. The summed E-state index contributed by atoms with van der Waals surface area (Å²) in [6.45, 7) is 13.8. The molecule has 0 nitrogen and oxygen atoms in total. The molecule has 0 bridgehead atoms. The molecule has 2 saturated carbocycles. The Hall–Kier alpha value is -0.780. The molecule has 0 heterocycles. The van der Waals surface area contributed by atoms with Crippen molar-refractivity contribution in [1.82, 2.24) is 0 Å². The van der Waals surface area contributed by atoms with E-state index in [2.05, 4.69) is 65.8 Å². The zero-order chi connectivity index (χ0) is 19.4. The Bertz CT molecular complexity index is 417. The topological polar surface area (TPSA) is 0 Å². The van der Waals surface area contributed by atoms with Crippen LogP contribution < -0.4 is 0 Å². The first-order chi connectivity index (χ1) is 12.4. The van der Waals surface area contributed by atoms with E-state index in [1.807, 2.05) is 6.07 Å². The van der Waals surface area contributed by atoms with Crippen LogP contribution in [-0.2, 0) is 0 Å². The van der Waals surface area contributed by atoms with Crippen LogP contribution in [0.2, 0.25) is 0 Å². The first kappa shape index (κ1) is 23.3. The molecule has 0 aliphatic heterocycles. The number of benzene rings is 1. The molecular weight excluding hydrogens is 312 g/mol. The Balaban J connectivity index is 0.000000195. The zero-order valence-corrected chi connectivity index (χ0v) is 18.6. The lowest BCUT2D eigenvalue weighted by Crippen LogP contribution is -2.12. The van der Waals surface area contributed by atoms with Gasteiger partial charge in [0.05, 0.1) is 0 Å². The van der Waals surface area contributed by atoms with Gasteiger partial charge in [0.25, 0.3) is 0 Å². The van der Waals surface area contributed by atoms with Gasteiger partial charge in [-0.05, 0) is 35.2 Å². The van der Waals surface area contributed by atoms with Crippen molar-refractivity contribution in [2.45, 2.75) is 105 Å². The van der Waals surface area contributed by atoms with Crippen LogP contribution in [0.5, 0.6) is 0 Å². The maximum Gasteiger partial charge on any atom is -0.0219 e. The summed E-state index contributed by atoms with van der Waals surface area (Å²) >= 11 is 0. The Kier molecular flexibility index (Phi) is 12.0. The van der Waals surface area contributed by atoms with Gasteiger partial charge >= 0.3 is 0 Å². The Morgan fingerprint density at radius 3 is 1.23 bits per heavy atom. The van der Waals surface area contributed by atoms with Crippen LogP contribution in [0.4, 0.5) is 0 Å². The van der Waals surface area contributed by atoms with E-state index in [4.69, 9.17) is 0 Å². The summed E-state index contributed by atoms with van der Waals surface area (Å²) in [6.07, 6.45) is 13.4. The van der Waals surface area contributed by atoms with Crippen LogP contribution in [0.3, 0.4) is 0 Å². The van der Waals surface area contributed by atoms with Crippen molar-refractivity contribution < 1.29 is 0 Å². The molecule has 1 aromatic rings. The molecule has 3 rings (SSSR count). The quantitative estimate of drug-likeness (QED) is 0.506. The van der Waals surface area contributed by atoms with Gasteiger partial charge in [0, 0.05) is 0 Å². The Labute approximate surface area is 165 Å². The van der Waals surface area contributed by atoms with Gasteiger partial charge in [0.2, 0.25) is 0 Å². The molecule has 0 radical (unpaired) electrons. The van der Waals surface area contributed by atoms with Gasteiger partial charge in [0.1, 0.15) is 0 Å². The third kappa shape index (κ3) is 9.79. The van der Waals surface area contributed by atoms with Crippen LogP contribution in [0.25, 0.3) is 0 Å². The molecule has 0 heteroatoms. The van der Waals surface area contributed by atoms with E-state index in [0.29, 0.717) is 5.92 Å². The number of hydrogen-bond acceptors (Lipinski definition) is 0. The van der Waals surface area contributed by atoms with Crippen molar-refractivity contribution in [2.75, 3.05) is 0 Å². The summed E-state index contributed by atoms with van der Waals surface area (Å²) in [7, 11) is 0. The minimum Gasteiger partial charge on any atom is -0.0625 e. The molecule has 2 aliphatic rings. The van der Waals surface area contributed by atoms with Crippen LogP contribution in [0, 0.1) is 23.7 Å². The van der Waals surface area contributed by atoms with E-state index < -0.39 is 0 Å². The second-order valence-electron chi connectivity index (χ2n) is 9.50. The predicted molar refractivity (Wildman–Crippen MR) is 119 cm³/mol. The molecule has 2 fully saturated rings. The maximum atomic E-state index is 2.36. The van der Waals surface area contributed by atoms with E-state index in [0.717, 1.165) is 23.7 Å². The molecule has 26 heavy (non-hydrogen) atoms. The average Bonchev–Trinajstić information content (AvgIpc) is 3.19. The molecule has 150 valence electrons. The van der Waals surface area contributed by atoms with Crippen molar-refractivity contribution in [3.63, 3.8) is 0 Å². The summed E-state index contributed by atoms with van der Waals surface area (Å²) in [5.74, 6) is 4.66. The number of rotatable bonds is 3. The first-order valence-electron chi connectivity index (χ1n) is 11.5. The van der Waals surface area contributed by atoms with Crippen molar-refractivity contribution in [1.29, 1.82) is 0 Å². The lowest BCUT2D eigenvalue weighted by molar-refractivity contribution is 0.279. The summed E-state index contributed by atoms with van der Waals surface area (Å²) in [4.78, 5) is 0. The number of hydrogen-bond donors (Lipinski definition) is 0. The summed E-state index contributed by atoms with van der Waals surface area (Å²) in [5, 5.41) is 0. The van der Waals surface area contributed by atoms with Crippen molar-refractivity contribution in [3.8, 4) is 0 Å². The molecule has 0 N–H and O–H groups in total. The molecule has 0 spiro atoms. The lowest BCUT2D eigenvalue weighted by Gasteiger charge is -2.24. The fraction of sp³-hybridized carbons (Fsp3) is 0.769. The SMILES string of the molecule is CC(C)C1CCCC1.CC(C)C1CCCCC1.CC(C)c1ccccc1. The van der Waals surface area contributed by atoms with Crippen molar-refractivity contribution in [3.05, 3.63) is 35.9 Å². The van der Waals surface area contributed by atoms with Gasteiger partial charge in [-0.2, -0.15) is 0 Å². The van der Waals surface area contributed by atoms with E-state index >= 15 is 0 Å². The fourth-order valence-electron chi connectivity index (χ4n) is 4.26. The maximum absolute atomic E-state index is 2.36.